The highest BCUT2D eigenvalue weighted by Crippen LogP contribution is 2.42. The molecule has 0 heterocycles. The molecule has 7 heteroatoms. The van der Waals surface area contributed by atoms with Crippen LogP contribution in [0, 0.1) is 13.8 Å². The van der Waals surface area contributed by atoms with Gasteiger partial charge in [0.2, 0.25) is 0 Å². The Bertz CT molecular complexity index is 788. The molecule has 1 saturated carbocycles. The molecule has 1 aliphatic carbocycles. The molecular formula is C19H26O6S. The Morgan fingerprint density at radius 1 is 1.15 bits per heavy atom. The molecule has 1 aromatic rings. The van der Waals surface area contributed by atoms with Gasteiger partial charge in [-0.1, -0.05) is 25.0 Å². The van der Waals surface area contributed by atoms with Crippen LogP contribution in [0.15, 0.2) is 23.1 Å². The zero-order valence-electron chi connectivity index (χ0n) is 15.7. The highest BCUT2D eigenvalue weighted by atomic mass is 32.2. The van der Waals surface area contributed by atoms with Crippen molar-refractivity contribution in [3.8, 4) is 0 Å². The third-order valence-corrected chi connectivity index (χ3v) is 7.24. The van der Waals surface area contributed by atoms with Gasteiger partial charge in [-0.15, -0.1) is 0 Å². The molecule has 0 aliphatic heterocycles. The minimum atomic E-state index is -3.95. The number of carbonyl (C=O) groups excluding carboxylic acids is 2. The Labute approximate surface area is 154 Å². The van der Waals surface area contributed by atoms with E-state index in [9.17, 15) is 18.0 Å². The van der Waals surface area contributed by atoms with Gasteiger partial charge in [-0.3, -0.25) is 4.79 Å². The number of benzene rings is 1. The summed E-state index contributed by atoms with van der Waals surface area (Å²) in [6.45, 7) is 6.30. The molecule has 0 atom stereocenters. The minimum absolute atomic E-state index is 0.154. The Hall–Kier alpha value is -1.89. The normalized spacial score (nSPS) is 16.5. The fourth-order valence-corrected chi connectivity index (χ4v) is 5.65. The van der Waals surface area contributed by atoms with Gasteiger partial charge in [0.25, 0.3) is 0 Å². The first kappa shape index (κ1) is 20.4. The Balaban J connectivity index is 2.32. The number of ether oxygens (including phenoxy) is 2. The molecule has 0 N–H and O–H groups in total. The average molecular weight is 382 g/mol. The Kier molecular flexibility index (Phi) is 6.11. The van der Waals surface area contributed by atoms with Gasteiger partial charge in [-0.2, -0.15) is 0 Å². The molecule has 2 rings (SSSR count). The third-order valence-electron chi connectivity index (χ3n) is 4.62. The van der Waals surface area contributed by atoms with Crippen LogP contribution in [0.2, 0.25) is 0 Å². The number of sulfone groups is 1. The maximum Gasteiger partial charge on any atom is 0.344 e. The average Bonchev–Trinajstić information content (AvgIpc) is 3.05. The van der Waals surface area contributed by atoms with Gasteiger partial charge < -0.3 is 9.47 Å². The summed E-state index contributed by atoms with van der Waals surface area (Å²) in [5.41, 5.74) is 1.39. The summed E-state index contributed by atoms with van der Waals surface area (Å²) in [5.74, 6) is -1.55. The summed E-state index contributed by atoms with van der Waals surface area (Å²) in [4.78, 5) is 24.6. The molecule has 0 aromatic heterocycles. The highest BCUT2D eigenvalue weighted by molar-refractivity contribution is 7.93. The second-order valence-corrected chi connectivity index (χ2v) is 9.32. The molecule has 1 aromatic carbocycles. The molecule has 0 unspecified atom stereocenters. The van der Waals surface area contributed by atoms with E-state index in [0.29, 0.717) is 18.4 Å². The highest BCUT2D eigenvalue weighted by Gasteiger charge is 2.54. The van der Waals surface area contributed by atoms with Crippen LogP contribution in [0.4, 0.5) is 0 Å². The van der Waals surface area contributed by atoms with Crippen molar-refractivity contribution in [2.24, 2.45) is 0 Å². The summed E-state index contributed by atoms with van der Waals surface area (Å²) in [7, 11) is -3.95. The standard InChI is InChI=1S/C19H26O6S/c1-13(2)25-17(20)12-24-18(21)19(9-5-6-10-19)26(22,23)16-11-14(3)7-8-15(16)4/h7-8,11,13H,5-6,9-10,12H2,1-4H3. The van der Waals surface area contributed by atoms with Crippen molar-refractivity contribution in [2.45, 2.75) is 69.1 Å². The molecular weight excluding hydrogens is 356 g/mol. The molecule has 144 valence electrons. The zero-order chi connectivity index (χ0) is 19.5. The Morgan fingerprint density at radius 3 is 2.35 bits per heavy atom. The maximum atomic E-state index is 13.4. The molecule has 1 aliphatic rings. The molecule has 1 fully saturated rings. The second-order valence-electron chi connectivity index (χ2n) is 7.09. The number of hydrogen-bond acceptors (Lipinski definition) is 6. The summed E-state index contributed by atoms with van der Waals surface area (Å²) in [5, 5.41) is 0. The van der Waals surface area contributed by atoms with Crippen molar-refractivity contribution in [3.05, 3.63) is 29.3 Å². The van der Waals surface area contributed by atoms with Crippen LogP contribution < -0.4 is 0 Å². The first-order valence-electron chi connectivity index (χ1n) is 8.79. The molecule has 0 radical (unpaired) electrons. The smallest absolute Gasteiger partial charge is 0.344 e. The second kappa shape index (κ2) is 7.78. The fraction of sp³-hybridized carbons (Fsp3) is 0.579. The summed E-state index contributed by atoms with van der Waals surface area (Å²) in [6, 6.07) is 5.15. The van der Waals surface area contributed by atoms with Gasteiger partial charge in [0.15, 0.2) is 21.2 Å². The van der Waals surface area contributed by atoms with Crippen LogP contribution in [-0.4, -0.2) is 37.8 Å². The van der Waals surface area contributed by atoms with Crippen molar-refractivity contribution in [3.63, 3.8) is 0 Å². The van der Waals surface area contributed by atoms with E-state index in [0.717, 1.165) is 5.56 Å². The summed E-state index contributed by atoms with van der Waals surface area (Å²) >= 11 is 0. The van der Waals surface area contributed by atoms with Crippen molar-refractivity contribution in [1.29, 1.82) is 0 Å². The molecule has 6 nitrogen and oxygen atoms in total. The van der Waals surface area contributed by atoms with Gasteiger partial charge in [0, 0.05) is 0 Å². The van der Waals surface area contributed by atoms with Gasteiger partial charge in [0.05, 0.1) is 11.0 Å². The predicted octanol–water partition coefficient (Wildman–Crippen LogP) is 2.88. The van der Waals surface area contributed by atoms with Gasteiger partial charge in [-0.25, -0.2) is 13.2 Å². The quantitative estimate of drug-likeness (QED) is 0.703. The molecule has 26 heavy (non-hydrogen) atoms. The number of hydrogen-bond donors (Lipinski definition) is 0. The van der Waals surface area contributed by atoms with E-state index in [1.54, 1.807) is 39.8 Å². The number of carbonyl (C=O) groups is 2. The van der Waals surface area contributed by atoms with Crippen molar-refractivity contribution < 1.29 is 27.5 Å². The topological polar surface area (TPSA) is 86.7 Å². The minimum Gasteiger partial charge on any atom is -0.460 e. The molecule has 0 bridgehead atoms. The van der Waals surface area contributed by atoms with Crippen molar-refractivity contribution in [1.82, 2.24) is 0 Å². The van der Waals surface area contributed by atoms with E-state index >= 15 is 0 Å². The van der Waals surface area contributed by atoms with Crippen LogP contribution in [0.5, 0.6) is 0 Å². The maximum absolute atomic E-state index is 13.4. The number of rotatable bonds is 6. The lowest BCUT2D eigenvalue weighted by Gasteiger charge is -2.27. The monoisotopic (exact) mass is 382 g/mol. The Morgan fingerprint density at radius 2 is 1.77 bits per heavy atom. The van der Waals surface area contributed by atoms with Crippen LogP contribution in [0.1, 0.15) is 50.7 Å². The van der Waals surface area contributed by atoms with Gasteiger partial charge >= 0.3 is 11.9 Å². The lowest BCUT2D eigenvalue weighted by atomic mass is 10.1. The first-order chi connectivity index (χ1) is 12.1. The van der Waals surface area contributed by atoms with Crippen molar-refractivity contribution in [2.75, 3.05) is 6.61 Å². The van der Waals surface area contributed by atoms with Crippen LogP contribution in [0.25, 0.3) is 0 Å². The van der Waals surface area contributed by atoms with Gasteiger partial charge in [-0.05, 0) is 57.7 Å². The van der Waals surface area contributed by atoms with Crippen molar-refractivity contribution >= 4 is 21.8 Å². The van der Waals surface area contributed by atoms with E-state index < -0.39 is 33.1 Å². The predicted molar refractivity (Wildman–Crippen MR) is 96.5 cm³/mol. The van der Waals surface area contributed by atoms with E-state index in [1.165, 1.54) is 0 Å². The van der Waals surface area contributed by atoms with E-state index in [1.807, 2.05) is 6.07 Å². The number of esters is 2. The molecule has 0 spiro atoms. The van der Waals surface area contributed by atoms with E-state index in [2.05, 4.69) is 0 Å². The van der Waals surface area contributed by atoms with Crippen LogP contribution in [0.3, 0.4) is 0 Å². The molecule has 0 amide bonds. The lowest BCUT2D eigenvalue weighted by molar-refractivity contribution is -0.162. The van der Waals surface area contributed by atoms with E-state index in [-0.39, 0.29) is 23.8 Å². The number of aryl methyl sites for hydroxylation is 2. The largest absolute Gasteiger partial charge is 0.460 e. The molecule has 0 saturated heterocycles. The van der Waals surface area contributed by atoms with E-state index in [4.69, 9.17) is 9.47 Å². The fourth-order valence-electron chi connectivity index (χ4n) is 3.29. The zero-order valence-corrected chi connectivity index (χ0v) is 16.5. The summed E-state index contributed by atoms with van der Waals surface area (Å²) in [6.07, 6.45) is 1.30. The summed E-state index contributed by atoms with van der Waals surface area (Å²) < 4.78 is 35.1. The SMILES string of the molecule is Cc1ccc(C)c(S(=O)(=O)C2(C(=O)OCC(=O)OC(C)C)CCCC2)c1. The lowest BCUT2D eigenvalue weighted by Crippen LogP contribution is -2.46. The third kappa shape index (κ3) is 3.92. The van der Waals surface area contributed by atoms with Crippen LogP contribution >= 0.6 is 0 Å². The first-order valence-corrected chi connectivity index (χ1v) is 10.3. The van der Waals surface area contributed by atoms with Gasteiger partial charge in [0.1, 0.15) is 0 Å². The van der Waals surface area contributed by atoms with Crippen LogP contribution in [-0.2, 0) is 28.9 Å².